The van der Waals surface area contributed by atoms with E-state index in [0.29, 0.717) is 12.4 Å². The number of nitrogens with zero attached hydrogens (tertiary/aromatic N) is 1. The van der Waals surface area contributed by atoms with Gasteiger partial charge in [-0.2, -0.15) is 0 Å². The number of nitrogens with two attached hydrogens (primary N) is 1. The Morgan fingerprint density at radius 3 is 2.53 bits per heavy atom. The predicted octanol–water partition coefficient (Wildman–Crippen LogP) is 2.81. The lowest BCUT2D eigenvalue weighted by atomic mass is 10.2. The van der Waals surface area contributed by atoms with Crippen molar-refractivity contribution in [3.05, 3.63) is 53.7 Å². The van der Waals surface area contributed by atoms with Crippen LogP contribution in [0.1, 0.15) is 18.1 Å². The van der Waals surface area contributed by atoms with Crippen molar-refractivity contribution in [3.8, 4) is 5.75 Å². The van der Waals surface area contributed by atoms with Gasteiger partial charge in [0.15, 0.2) is 0 Å². The molecule has 1 heterocycles. The molecule has 0 unspecified atom stereocenters. The number of aryl methyl sites for hydroxylation is 1. The van der Waals surface area contributed by atoms with Gasteiger partial charge in [0.25, 0.3) is 0 Å². The van der Waals surface area contributed by atoms with Crippen LogP contribution in [0.5, 0.6) is 5.75 Å². The van der Waals surface area contributed by atoms with E-state index in [9.17, 15) is 0 Å². The Morgan fingerprint density at radius 1 is 1.12 bits per heavy atom. The molecule has 1 aromatic carbocycles. The first-order valence-corrected chi connectivity index (χ1v) is 5.70. The topological polar surface area (TPSA) is 48.1 Å². The van der Waals surface area contributed by atoms with Gasteiger partial charge in [0, 0.05) is 6.20 Å². The first-order valence-electron chi connectivity index (χ1n) is 5.70. The highest BCUT2D eigenvalue weighted by Gasteiger charge is 1.97. The standard InChI is InChI=1S/C14H16N2O/c1-2-11-3-5-13(6-4-11)17-10-12-7-8-16-14(15)9-12/h3-9H,2,10H2,1H3,(H2,15,16). The van der Waals surface area contributed by atoms with Gasteiger partial charge in [0.1, 0.15) is 18.2 Å². The molecule has 2 aromatic rings. The Bertz CT molecular complexity index is 480. The highest BCUT2D eigenvalue weighted by Crippen LogP contribution is 2.14. The summed E-state index contributed by atoms with van der Waals surface area (Å²) in [5.74, 6) is 1.39. The largest absolute Gasteiger partial charge is 0.489 e. The zero-order chi connectivity index (χ0) is 12.1. The lowest BCUT2D eigenvalue weighted by Gasteiger charge is -2.07. The maximum atomic E-state index is 5.66. The maximum Gasteiger partial charge on any atom is 0.123 e. The quantitative estimate of drug-likeness (QED) is 0.875. The molecule has 3 nitrogen and oxygen atoms in total. The van der Waals surface area contributed by atoms with Crippen LogP contribution in [0.3, 0.4) is 0 Å². The smallest absolute Gasteiger partial charge is 0.123 e. The Morgan fingerprint density at radius 2 is 1.88 bits per heavy atom. The predicted molar refractivity (Wildman–Crippen MR) is 68.8 cm³/mol. The van der Waals surface area contributed by atoms with Crippen LogP contribution >= 0.6 is 0 Å². The number of hydrogen-bond donors (Lipinski definition) is 1. The van der Waals surface area contributed by atoms with Crippen molar-refractivity contribution in [1.82, 2.24) is 4.98 Å². The van der Waals surface area contributed by atoms with Gasteiger partial charge < -0.3 is 10.5 Å². The number of nitrogen functional groups attached to an aromatic ring is 1. The molecule has 0 amide bonds. The third kappa shape index (κ3) is 3.21. The molecule has 0 atom stereocenters. The number of hydrogen-bond acceptors (Lipinski definition) is 3. The molecule has 0 saturated heterocycles. The first kappa shape index (κ1) is 11.5. The summed E-state index contributed by atoms with van der Waals surface area (Å²) in [5.41, 5.74) is 7.93. The van der Waals surface area contributed by atoms with Gasteiger partial charge >= 0.3 is 0 Å². The molecule has 17 heavy (non-hydrogen) atoms. The second-order valence-electron chi connectivity index (χ2n) is 3.88. The number of benzene rings is 1. The minimum Gasteiger partial charge on any atom is -0.489 e. The van der Waals surface area contributed by atoms with Crippen molar-refractivity contribution in [1.29, 1.82) is 0 Å². The highest BCUT2D eigenvalue weighted by molar-refractivity contribution is 5.32. The minimum absolute atomic E-state index is 0.512. The fourth-order valence-corrected chi connectivity index (χ4v) is 1.57. The number of aromatic nitrogens is 1. The van der Waals surface area contributed by atoms with Crippen LogP contribution in [0, 0.1) is 0 Å². The Labute approximate surface area is 101 Å². The summed E-state index contributed by atoms with van der Waals surface area (Å²) < 4.78 is 5.66. The molecule has 3 heteroatoms. The maximum absolute atomic E-state index is 5.66. The van der Waals surface area contributed by atoms with Gasteiger partial charge in [-0.05, 0) is 41.8 Å². The van der Waals surface area contributed by atoms with Gasteiger partial charge in [0.2, 0.25) is 0 Å². The minimum atomic E-state index is 0.512. The SMILES string of the molecule is CCc1ccc(OCc2ccnc(N)c2)cc1. The summed E-state index contributed by atoms with van der Waals surface area (Å²) in [6.45, 7) is 2.65. The molecule has 0 aliphatic heterocycles. The van der Waals surface area contributed by atoms with Gasteiger partial charge in [-0.3, -0.25) is 0 Å². The molecule has 0 aliphatic carbocycles. The fraction of sp³-hybridized carbons (Fsp3) is 0.214. The van der Waals surface area contributed by atoms with Crippen molar-refractivity contribution in [2.45, 2.75) is 20.0 Å². The zero-order valence-electron chi connectivity index (χ0n) is 9.89. The second-order valence-corrected chi connectivity index (χ2v) is 3.88. The molecule has 2 N–H and O–H groups in total. The average molecular weight is 228 g/mol. The van der Waals surface area contributed by atoms with Crippen molar-refractivity contribution >= 4 is 5.82 Å². The van der Waals surface area contributed by atoms with Crippen LogP contribution in [0.2, 0.25) is 0 Å². The molecule has 2 rings (SSSR count). The Hall–Kier alpha value is -2.03. The highest BCUT2D eigenvalue weighted by atomic mass is 16.5. The molecule has 0 fully saturated rings. The van der Waals surface area contributed by atoms with Gasteiger partial charge in [-0.15, -0.1) is 0 Å². The zero-order valence-corrected chi connectivity index (χ0v) is 9.89. The van der Waals surface area contributed by atoms with E-state index in [1.54, 1.807) is 6.20 Å². The second kappa shape index (κ2) is 5.34. The fourth-order valence-electron chi connectivity index (χ4n) is 1.57. The van der Waals surface area contributed by atoms with Crippen LogP contribution < -0.4 is 10.5 Å². The molecule has 0 spiro atoms. The molecule has 88 valence electrons. The number of anilines is 1. The number of ether oxygens (including phenoxy) is 1. The monoisotopic (exact) mass is 228 g/mol. The summed E-state index contributed by atoms with van der Waals surface area (Å²) in [6, 6.07) is 11.9. The van der Waals surface area contributed by atoms with Crippen LogP contribution in [-0.4, -0.2) is 4.98 Å². The summed E-state index contributed by atoms with van der Waals surface area (Å²) in [5, 5.41) is 0. The Balaban J connectivity index is 1.97. The third-order valence-electron chi connectivity index (χ3n) is 2.58. The van der Waals surface area contributed by atoms with Crippen molar-refractivity contribution < 1.29 is 4.74 Å². The van der Waals surface area contributed by atoms with E-state index in [4.69, 9.17) is 10.5 Å². The van der Waals surface area contributed by atoms with E-state index < -0.39 is 0 Å². The molecule has 0 aliphatic rings. The molecular formula is C14H16N2O. The van der Waals surface area contributed by atoms with Crippen LogP contribution in [0.4, 0.5) is 5.82 Å². The third-order valence-corrected chi connectivity index (χ3v) is 2.58. The summed E-state index contributed by atoms with van der Waals surface area (Å²) >= 11 is 0. The number of pyridine rings is 1. The van der Waals surface area contributed by atoms with E-state index in [-0.39, 0.29) is 0 Å². The first-order chi connectivity index (χ1) is 8.28. The van der Waals surface area contributed by atoms with Crippen LogP contribution in [0.25, 0.3) is 0 Å². The van der Waals surface area contributed by atoms with E-state index >= 15 is 0 Å². The van der Waals surface area contributed by atoms with E-state index in [1.165, 1.54) is 5.56 Å². The molecule has 1 aromatic heterocycles. The van der Waals surface area contributed by atoms with Crippen molar-refractivity contribution in [2.75, 3.05) is 5.73 Å². The molecule has 0 saturated carbocycles. The van der Waals surface area contributed by atoms with E-state index in [0.717, 1.165) is 17.7 Å². The van der Waals surface area contributed by atoms with Gasteiger partial charge in [-0.1, -0.05) is 19.1 Å². The summed E-state index contributed by atoms with van der Waals surface area (Å²) in [4.78, 5) is 3.94. The normalized spacial score (nSPS) is 10.2. The molecule has 0 bridgehead atoms. The lowest BCUT2D eigenvalue weighted by molar-refractivity contribution is 0.306. The summed E-state index contributed by atoms with van der Waals surface area (Å²) in [6.07, 6.45) is 2.73. The Kier molecular flexibility index (Phi) is 3.60. The average Bonchev–Trinajstić information content (AvgIpc) is 2.37. The van der Waals surface area contributed by atoms with Gasteiger partial charge in [0.05, 0.1) is 0 Å². The van der Waals surface area contributed by atoms with E-state index in [1.807, 2.05) is 24.3 Å². The summed E-state index contributed by atoms with van der Waals surface area (Å²) in [7, 11) is 0. The van der Waals surface area contributed by atoms with E-state index in [2.05, 4.69) is 24.0 Å². The molecular weight excluding hydrogens is 212 g/mol. The van der Waals surface area contributed by atoms with Crippen LogP contribution in [-0.2, 0) is 13.0 Å². The van der Waals surface area contributed by atoms with Crippen molar-refractivity contribution in [2.24, 2.45) is 0 Å². The molecule has 0 radical (unpaired) electrons. The lowest BCUT2D eigenvalue weighted by Crippen LogP contribution is -1.98. The number of rotatable bonds is 4. The van der Waals surface area contributed by atoms with Crippen LogP contribution in [0.15, 0.2) is 42.6 Å². The van der Waals surface area contributed by atoms with Gasteiger partial charge in [-0.25, -0.2) is 4.98 Å². The van der Waals surface area contributed by atoms with Crippen molar-refractivity contribution in [3.63, 3.8) is 0 Å².